The van der Waals surface area contributed by atoms with Gasteiger partial charge in [-0.25, -0.2) is 4.98 Å². The van der Waals surface area contributed by atoms with Crippen molar-refractivity contribution < 1.29 is 4.74 Å². The number of anilines is 1. The minimum Gasteiger partial charge on any atom is -0.494 e. The topological polar surface area (TPSA) is 34.2 Å². The van der Waals surface area contributed by atoms with Gasteiger partial charge < -0.3 is 10.1 Å². The number of rotatable bonds is 6. The number of nitrogens with one attached hydrogen (secondary N) is 1. The number of benzene rings is 1. The molecule has 0 saturated carbocycles. The van der Waals surface area contributed by atoms with Gasteiger partial charge in [-0.2, -0.15) is 0 Å². The van der Waals surface area contributed by atoms with Crippen LogP contribution >= 0.6 is 31.9 Å². The fourth-order valence-corrected chi connectivity index (χ4v) is 2.66. The Hall–Kier alpha value is -1.07. The number of nitrogens with zero attached hydrogens (tertiary/aromatic N) is 1. The molecule has 0 amide bonds. The Balaban J connectivity index is 1.69. The Morgan fingerprint density at radius 1 is 1.16 bits per heavy atom. The second-order valence-corrected chi connectivity index (χ2v) is 5.70. The summed E-state index contributed by atoms with van der Waals surface area (Å²) in [6.07, 6.45) is 2.69. The molecule has 0 aliphatic rings. The molecule has 0 unspecified atom stereocenters. The third kappa shape index (κ3) is 4.84. The van der Waals surface area contributed by atoms with Crippen LogP contribution in [0.15, 0.2) is 51.5 Å². The first-order valence-electron chi connectivity index (χ1n) is 5.98. The molecule has 0 saturated heterocycles. The van der Waals surface area contributed by atoms with Gasteiger partial charge in [0, 0.05) is 17.2 Å². The fourth-order valence-electron chi connectivity index (χ4n) is 1.53. The first-order valence-corrected chi connectivity index (χ1v) is 7.57. The Morgan fingerprint density at radius 3 is 2.68 bits per heavy atom. The van der Waals surface area contributed by atoms with Gasteiger partial charge in [-0.1, -0.05) is 18.2 Å². The van der Waals surface area contributed by atoms with Crippen molar-refractivity contribution in [3.8, 4) is 5.75 Å². The van der Waals surface area contributed by atoms with Crippen LogP contribution in [0.1, 0.15) is 6.42 Å². The number of halogens is 2. The largest absolute Gasteiger partial charge is 0.494 e. The molecule has 0 atom stereocenters. The van der Waals surface area contributed by atoms with Gasteiger partial charge in [-0.05, 0) is 56.5 Å². The Morgan fingerprint density at radius 2 is 1.95 bits per heavy atom. The normalized spacial score (nSPS) is 10.2. The lowest BCUT2D eigenvalue weighted by molar-refractivity contribution is 0.315. The molecule has 3 nitrogen and oxygen atoms in total. The molecule has 0 aliphatic carbocycles. The van der Waals surface area contributed by atoms with Crippen molar-refractivity contribution in [3.05, 3.63) is 51.5 Å². The predicted molar refractivity (Wildman–Crippen MR) is 84.7 cm³/mol. The van der Waals surface area contributed by atoms with Gasteiger partial charge in [-0.3, -0.25) is 0 Å². The average Bonchev–Trinajstić information content (AvgIpc) is 2.42. The molecule has 0 spiro atoms. The van der Waals surface area contributed by atoms with Crippen molar-refractivity contribution in [2.24, 2.45) is 0 Å². The maximum atomic E-state index is 5.61. The van der Waals surface area contributed by atoms with Gasteiger partial charge in [0.15, 0.2) is 0 Å². The number of pyridine rings is 1. The highest BCUT2D eigenvalue weighted by atomic mass is 79.9. The van der Waals surface area contributed by atoms with E-state index in [1.54, 1.807) is 6.20 Å². The van der Waals surface area contributed by atoms with Crippen molar-refractivity contribution in [1.29, 1.82) is 0 Å². The third-order valence-electron chi connectivity index (χ3n) is 2.43. The van der Waals surface area contributed by atoms with E-state index in [-0.39, 0.29) is 0 Å². The van der Waals surface area contributed by atoms with Crippen LogP contribution in [-0.4, -0.2) is 18.1 Å². The van der Waals surface area contributed by atoms with Gasteiger partial charge in [0.1, 0.15) is 11.6 Å². The van der Waals surface area contributed by atoms with Crippen LogP contribution in [0.3, 0.4) is 0 Å². The van der Waals surface area contributed by atoms with E-state index in [2.05, 4.69) is 42.2 Å². The molecule has 2 rings (SSSR count). The summed E-state index contributed by atoms with van der Waals surface area (Å²) in [5.41, 5.74) is 0. The monoisotopic (exact) mass is 384 g/mol. The molecule has 0 radical (unpaired) electrons. The highest BCUT2D eigenvalue weighted by Crippen LogP contribution is 2.23. The first-order chi connectivity index (χ1) is 9.25. The molecule has 100 valence electrons. The summed E-state index contributed by atoms with van der Waals surface area (Å²) >= 11 is 6.84. The number of para-hydroxylation sites is 1. The minimum atomic E-state index is 0.686. The highest BCUT2D eigenvalue weighted by Gasteiger charge is 2.01. The zero-order valence-corrected chi connectivity index (χ0v) is 13.4. The second-order valence-electron chi connectivity index (χ2n) is 3.93. The summed E-state index contributed by atoms with van der Waals surface area (Å²) in [6, 6.07) is 11.8. The van der Waals surface area contributed by atoms with E-state index in [1.807, 2.05) is 36.4 Å². The lowest BCUT2D eigenvalue weighted by Gasteiger charge is -2.09. The maximum absolute atomic E-state index is 5.61. The van der Waals surface area contributed by atoms with Crippen LogP contribution < -0.4 is 10.1 Å². The predicted octanol–water partition coefficient (Wildman–Crippen LogP) is 4.49. The smallest absolute Gasteiger partial charge is 0.140 e. The lowest BCUT2D eigenvalue weighted by Crippen LogP contribution is -2.08. The SMILES string of the molecule is Brc1cnc(NCCCOc2ccccc2)c(Br)c1. The molecule has 2 aromatic rings. The van der Waals surface area contributed by atoms with E-state index in [4.69, 9.17) is 4.74 Å². The second kappa shape index (κ2) is 7.50. The van der Waals surface area contributed by atoms with Crippen molar-refractivity contribution in [2.75, 3.05) is 18.5 Å². The molecule has 1 N–H and O–H groups in total. The summed E-state index contributed by atoms with van der Waals surface area (Å²) in [4.78, 5) is 4.29. The summed E-state index contributed by atoms with van der Waals surface area (Å²) in [5, 5.41) is 3.27. The third-order valence-corrected chi connectivity index (χ3v) is 3.47. The summed E-state index contributed by atoms with van der Waals surface area (Å²) in [6.45, 7) is 1.51. The summed E-state index contributed by atoms with van der Waals surface area (Å²) in [7, 11) is 0. The molecular formula is C14H14Br2N2O. The van der Waals surface area contributed by atoms with E-state index in [1.165, 1.54) is 0 Å². The maximum Gasteiger partial charge on any atom is 0.140 e. The van der Waals surface area contributed by atoms with E-state index in [0.717, 1.165) is 33.5 Å². The van der Waals surface area contributed by atoms with Crippen molar-refractivity contribution in [2.45, 2.75) is 6.42 Å². The fraction of sp³-hybridized carbons (Fsp3) is 0.214. The van der Waals surface area contributed by atoms with E-state index < -0.39 is 0 Å². The molecule has 0 aliphatic heterocycles. The van der Waals surface area contributed by atoms with E-state index in [0.29, 0.717) is 6.61 Å². The molecule has 19 heavy (non-hydrogen) atoms. The standard InChI is InChI=1S/C14H14Br2N2O/c15-11-9-13(16)14(18-10-11)17-7-4-8-19-12-5-2-1-3-6-12/h1-3,5-6,9-10H,4,7-8H2,(H,17,18). The number of ether oxygens (including phenoxy) is 1. The van der Waals surface area contributed by atoms with Crippen LogP contribution in [0.4, 0.5) is 5.82 Å². The molecule has 5 heteroatoms. The van der Waals surface area contributed by atoms with Crippen LogP contribution in [0, 0.1) is 0 Å². The Kier molecular flexibility index (Phi) is 5.66. The van der Waals surface area contributed by atoms with Gasteiger partial charge in [0.2, 0.25) is 0 Å². The zero-order valence-electron chi connectivity index (χ0n) is 10.3. The number of hydrogen-bond acceptors (Lipinski definition) is 3. The molecule has 1 aromatic heterocycles. The van der Waals surface area contributed by atoms with Crippen molar-refractivity contribution in [1.82, 2.24) is 4.98 Å². The highest BCUT2D eigenvalue weighted by molar-refractivity contribution is 9.11. The zero-order chi connectivity index (χ0) is 13.5. The molecule has 0 fully saturated rings. The van der Waals surface area contributed by atoms with Crippen molar-refractivity contribution in [3.63, 3.8) is 0 Å². The quantitative estimate of drug-likeness (QED) is 0.744. The minimum absolute atomic E-state index is 0.686. The van der Waals surface area contributed by atoms with Crippen LogP contribution in [0.2, 0.25) is 0 Å². The first kappa shape index (κ1) is 14.3. The molecule has 1 aromatic carbocycles. The summed E-state index contributed by atoms with van der Waals surface area (Å²) < 4.78 is 7.52. The summed E-state index contributed by atoms with van der Waals surface area (Å²) in [5.74, 6) is 1.76. The van der Waals surface area contributed by atoms with Crippen LogP contribution in [0.5, 0.6) is 5.75 Å². The Labute approximate surface area is 129 Å². The lowest BCUT2D eigenvalue weighted by atomic mass is 10.3. The van der Waals surface area contributed by atoms with E-state index in [9.17, 15) is 0 Å². The van der Waals surface area contributed by atoms with Crippen molar-refractivity contribution >= 4 is 37.7 Å². The van der Waals surface area contributed by atoms with Crippen LogP contribution in [-0.2, 0) is 0 Å². The van der Waals surface area contributed by atoms with Gasteiger partial charge in [0.05, 0.1) is 11.1 Å². The molecule has 1 heterocycles. The number of aromatic nitrogens is 1. The molecular weight excluding hydrogens is 372 g/mol. The number of hydrogen-bond donors (Lipinski definition) is 1. The average molecular weight is 386 g/mol. The molecule has 0 bridgehead atoms. The van der Waals surface area contributed by atoms with Gasteiger partial charge in [-0.15, -0.1) is 0 Å². The Bertz CT molecular complexity index is 520. The van der Waals surface area contributed by atoms with E-state index >= 15 is 0 Å². The van der Waals surface area contributed by atoms with Gasteiger partial charge >= 0.3 is 0 Å². The van der Waals surface area contributed by atoms with Gasteiger partial charge in [0.25, 0.3) is 0 Å². The van der Waals surface area contributed by atoms with Crippen LogP contribution in [0.25, 0.3) is 0 Å².